The number of thiophene rings is 1. The number of rotatable bonds is 4. The van der Waals surface area contributed by atoms with Gasteiger partial charge < -0.3 is 20.1 Å². The fourth-order valence-electron chi connectivity index (χ4n) is 2.82. The molecule has 0 saturated carbocycles. The molecule has 1 unspecified atom stereocenters. The summed E-state index contributed by atoms with van der Waals surface area (Å²) in [4.78, 5) is 31.9. The van der Waals surface area contributed by atoms with E-state index in [2.05, 4.69) is 15.6 Å². The molecule has 1 aliphatic heterocycles. The third-order valence-corrected chi connectivity index (χ3v) is 5.12. The van der Waals surface area contributed by atoms with Gasteiger partial charge in [-0.15, -0.1) is 23.7 Å². The number of aryl methyl sites for hydroxylation is 1. The van der Waals surface area contributed by atoms with E-state index >= 15 is 0 Å². The van der Waals surface area contributed by atoms with Crippen molar-refractivity contribution in [2.75, 3.05) is 19.6 Å². The average molecular weight is 384 g/mol. The molecule has 1 atom stereocenters. The fourth-order valence-corrected chi connectivity index (χ4v) is 3.72. The molecule has 9 heteroatoms. The molecule has 7 nitrogen and oxygen atoms in total. The quantitative estimate of drug-likeness (QED) is 0.834. The van der Waals surface area contributed by atoms with Crippen LogP contribution in [0.15, 0.2) is 24.5 Å². The van der Waals surface area contributed by atoms with Crippen LogP contribution in [0.25, 0.3) is 0 Å². The first-order chi connectivity index (χ1) is 11.6. The lowest BCUT2D eigenvalue weighted by Crippen LogP contribution is -2.49. The van der Waals surface area contributed by atoms with Gasteiger partial charge in [-0.25, -0.2) is 4.98 Å². The minimum Gasteiger partial charge on any atom is -0.351 e. The Morgan fingerprint density at radius 1 is 1.44 bits per heavy atom. The molecule has 1 fully saturated rings. The Morgan fingerprint density at radius 3 is 2.92 bits per heavy atom. The molecule has 2 amide bonds. The molecule has 0 aliphatic carbocycles. The number of hydrogen-bond acceptors (Lipinski definition) is 5. The van der Waals surface area contributed by atoms with Crippen LogP contribution in [0.5, 0.6) is 0 Å². The van der Waals surface area contributed by atoms with Crippen LogP contribution in [0.1, 0.15) is 33.3 Å². The third kappa shape index (κ3) is 4.39. The zero-order valence-corrected chi connectivity index (χ0v) is 15.8. The van der Waals surface area contributed by atoms with Crippen molar-refractivity contribution in [1.29, 1.82) is 0 Å². The highest BCUT2D eigenvalue weighted by molar-refractivity contribution is 7.14. The average Bonchev–Trinajstić information content (AvgIpc) is 3.21. The van der Waals surface area contributed by atoms with E-state index in [4.69, 9.17) is 0 Å². The van der Waals surface area contributed by atoms with Crippen molar-refractivity contribution >= 4 is 35.6 Å². The molecule has 0 bridgehead atoms. The molecule has 25 heavy (non-hydrogen) atoms. The second-order valence-electron chi connectivity index (χ2n) is 5.79. The SMILES string of the molecule is CC(=O)NCc1ccc(C(=O)N2CCNCC2c2nccn2C)s1.Cl. The zero-order valence-electron chi connectivity index (χ0n) is 14.2. The number of nitrogens with zero attached hydrogens (tertiary/aromatic N) is 3. The van der Waals surface area contributed by atoms with Crippen molar-refractivity contribution < 1.29 is 9.59 Å². The van der Waals surface area contributed by atoms with Gasteiger partial charge in [0.25, 0.3) is 5.91 Å². The van der Waals surface area contributed by atoms with Gasteiger partial charge in [-0.05, 0) is 12.1 Å². The Bertz CT molecular complexity index is 744. The lowest BCUT2D eigenvalue weighted by molar-refractivity contribution is -0.119. The van der Waals surface area contributed by atoms with Crippen molar-refractivity contribution in [2.24, 2.45) is 7.05 Å². The van der Waals surface area contributed by atoms with Crippen molar-refractivity contribution in [3.8, 4) is 0 Å². The van der Waals surface area contributed by atoms with Crippen LogP contribution in [0.2, 0.25) is 0 Å². The Balaban J connectivity index is 0.00000225. The summed E-state index contributed by atoms with van der Waals surface area (Å²) >= 11 is 1.43. The third-order valence-electron chi connectivity index (χ3n) is 4.04. The predicted octanol–water partition coefficient (Wildman–Crippen LogP) is 1.33. The minimum atomic E-state index is -0.0767. The second kappa shape index (κ2) is 8.46. The van der Waals surface area contributed by atoms with Crippen LogP contribution >= 0.6 is 23.7 Å². The molecule has 1 aliphatic rings. The first kappa shape index (κ1) is 19.4. The number of carbonyl (C=O) groups is 2. The van der Waals surface area contributed by atoms with Gasteiger partial charge in [0.2, 0.25) is 5.91 Å². The molecule has 0 spiro atoms. The van der Waals surface area contributed by atoms with Crippen molar-refractivity contribution in [1.82, 2.24) is 25.1 Å². The highest BCUT2D eigenvalue weighted by atomic mass is 35.5. The topological polar surface area (TPSA) is 79.3 Å². The largest absolute Gasteiger partial charge is 0.351 e. The van der Waals surface area contributed by atoms with E-state index in [1.807, 2.05) is 34.8 Å². The number of carbonyl (C=O) groups excluding carboxylic acids is 2. The number of nitrogens with one attached hydrogen (secondary N) is 2. The lowest BCUT2D eigenvalue weighted by atomic mass is 10.1. The Hall–Kier alpha value is -1.90. The summed E-state index contributed by atoms with van der Waals surface area (Å²) in [5.74, 6) is 0.822. The Labute approximate surface area is 156 Å². The number of imidazole rings is 1. The normalized spacial score (nSPS) is 17.0. The smallest absolute Gasteiger partial charge is 0.264 e. The molecular formula is C16H22ClN5O2S. The zero-order chi connectivity index (χ0) is 17.1. The van der Waals surface area contributed by atoms with Gasteiger partial charge >= 0.3 is 0 Å². The van der Waals surface area contributed by atoms with Gasteiger partial charge in [-0.3, -0.25) is 9.59 Å². The molecule has 2 aromatic heterocycles. The summed E-state index contributed by atoms with van der Waals surface area (Å²) in [5, 5.41) is 6.09. The molecule has 3 heterocycles. The highest BCUT2D eigenvalue weighted by Gasteiger charge is 2.31. The van der Waals surface area contributed by atoms with Gasteiger partial charge in [-0.1, -0.05) is 0 Å². The van der Waals surface area contributed by atoms with Gasteiger partial charge in [0, 0.05) is 50.9 Å². The Kier molecular flexibility index (Phi) is 6.57. The van der Waals surface area contributed by atoms with Crippen LogP contribution in [-0.4, -0.2) is 45.9 Å². The molecule has 2 aromatic rings. The van der Waals surface area contributed by atoms with Crippen molar-refractivity contribution in [2.45, 2.75) is 19.5 Å². The molecular weight excluding hydrogens is 362 g/mol. The van der Waals surface area contributed by atoms with Crippen LogP contribution in [0.3, 0.4) is 0 Å². The van der Waals surface area contributed by atoms with Crippen LogP contribution < -0.4 is 10.6 Å². The van der Waals surface area contributed by atoms with E-state index in [0.29, 0.717) is 24.5 Å². The maximum Gasteiger partial charge on any atom is 0.264 e. The maximum atomic E-state index is 13.0. The van der Waals surface area contributed by atoms with Crippen molar-refractivity contribution in [3.63, 3.8) is 0 Å². The van der Waals surface area contributed by atoms with Crippen LogP contribution in [0.4, 0.5) is 0 Å². The summed E-state index contributed by atoms with van der Waals surface area (Å²) in [6.45, 7) is 4.06. The van der Waals surface area contributed by atoms with Crippen LogP contribution in [0, 0.1) is 0 Å². The number of piperazine rings is 1. The Morgan fingerprint density at radius 2 is 2.24 bits per heavy atom. The molecule has 0 radical (unpaired) electrons. The highest BCUT2D eigenvalue weighted by Crippen LogP contribution is 2.25. The summed E-state index contributed by atoms with van der Waals surface area (Å²) in [6.07, 6.45) is 3.65. The minimum absolute atomic E-state index is 0. The monoisotopic (exact) mass is 383 g/mol. The first-order valence-electron chi connectivity index (χ1n) is 7.88. The summed E-state index contributed by atoms with van der Waals surface area (Å²) in [7, 11) is 1.94. The number of aromatic nitrogens is 2. The van der Waals surface area contributed by atoms with E-state index in [9.17, 15) is 9.59 Å². The predicted molar refractivity (Wildman–Crippen MR) is 98.9 cm³/mol. The van der Waals surface area contributed by atoms with E-state index in [-0.39, 0.29) is 30.3 Å². The van der Waals surface area contributed by atoms with Gasteiger partial charge in [-0.2, -0.15) is 0 Å². The van der Waals surface area contributed by atoms with Gasteiger partial charge in [0.1, 0.15) is 11.9 Å². The molecule has 136 valence electrons. The molecule has 3 rings (SSSR count). The van der Waals surface area contributed by atoms with Gasteiger partial charge in [0.05, 0.1) is 11.4 Å². The van der Waals surface area contributed by atoms with Gasteiger partial charge in [0.15, 0.2) is 0 Å². The van der Waals surface area contributed by atoms with E-state index in [1.165, 1.54) is 18.3 Å². The lowest BCUT2D eigenvalue weighted by Gasteiger charge is -2.35. The van der Waals surface area contributed by atoms with E-state index in [1.54, 1.807) is 6.20 Å². The van der Waals surface area contributed by atoms with E-state index in [0.717, 1.165) is 17.2 Å². The molecule has 1 saturated heterocycles. The standard InChI is InChI=1S/C16H21N5O2S.ClH/c1-11(22)19-9-12-3-4-14(24-12)16(23)21-8-5-17-10-13(21)15-18-6-7-20(15)2;/h3-4,6-7,13,17H,5,8-10H2,1-2H3,(H,19,22);1H. The summed E-state index contributed by atoms with van der Waals surface area (Å²) in [6, 6.07) is 3.65. The molecule has 0 aromatic carbocycles. The summed E-state index contributed by atoms with van der Waals surface area (Å²) < 4.78 is 1.95. The number of hydrogen-bond donors (Lipinski definition) is 2. The van der Waals surface area contributed by atoms with E-state index < -0.39 is 0 Å². The number of halogens is 1. The first-order valence-corrected chi connectivity index (χ1v) is 8.70. The second-order valence-corrected chi connectivity index (χ2v) is 6.96. The summed E-state index contributed by atoms with van der Waals surface area (Å²) in [5.41, 5.74) is 0. The number of amides is 2. The fraction of sp³-hybridized carbons (Fsp3) is 0.438. The molecule has 2 N–H and O–H groups in total. The van der Waals surface area contributed by atoms with Crippen LogP contribution in [-0.2, 0) is 18.4 Å². The van der Waals surface area contributed by atoms with Crippen molar-refractivity contribution in [3.05, 3.63) is 40.1 Å². The maximum absolute atomic E-state index is 13.0.